The van der Waals surface area contributed by atoms with Crippen LogP contribution in [0.2, 0.25) is 0 Å². The number of aromatic nitrogens is 6. The van der Waals surface area contributed by atoms with Crippen LogP contribution in [0.15, 0.2) is 35.2 Å². The molecule has 0 spiro atoms. The molecule has 152 valence electrons. The average molecular weight is 407 g/mol. The Morgan fingerprint density at radius 3 is 2.72 bits per heavy atom. The van der Waals surface area contributed by atoms with Crippen molar-refractivity contribution in [3.05, 3.63) is 42.3 Å². The van der Waals surface area contributed by atoms with Gasteiger partial charge in [-0.3, -0.25) is 14.5 Å². The van der Waals surface area contributed by atoms with E-state index in [0.717, 1.165) is 4.90 Å². The number of likely N-dealkylation sites (tertiary alicyclic amines) is 1. The first kappa shape index (κ1) is 19.0. The quantitative estimate of drug-likeness (QED) is 0.646. The Balaban J connectivity index is 1.60. The summed E-state index contributed by atoms with van der Waals surface area (Å²) in [6.45, 7) is -0.658. The molecule has 3 aromatic heterocycles. The van der Waals surface area contributed by atoms with Crippen LogP contribution in [0.1, 0.15) is 18.0 Å². The second-order valence-electron chi connectivity index (χ2n) is 6.83. The molecular formula is C17H16F3N7O2. The molecule has 9 nitrogen and oxygen atoms in total. The molecule has 0 radical (unpaired) electrons. The van der Waals surface area contributed by atoms with E-state index in [1.54, 1.807) is 19.2 Å². The Kier molecular flexibility index (Phi) is 4.55. The highest BCUT2D eigenvalue weighted by molar-refractivity contribution is 5.78. The highest BCUT2D eigenvalue weighted by Crippen LogP contribution is 2.47. The van der Waals surface area contributed by atoms with E-state index in [4.69, 9.17) is 4.52 Å². The third-order valence-corrected chi connectivity index (χ3v) is 5.08. The molecule has 12 heteroatoms. The molecule has 1 amide bonds. The molecule has 0 aliphatic carbocycles. The lowest BCUT2D eigenvalue weighted by atomic mass is 9.86. The zero-order valence-corrected chi connectivity index (χ0v) is 15.3. The van der Waals surface area contributed by atoms with Gasteiger partial charge in [-0.1, -0.05) is 10.4 Å². The molecule has 0 bridgehead atoms. The van der Waals surface area contributed by atoms with Gasteiger partial charge in [0.25, 0.3) is 0 Å². The standard InChI is InChI=1S/C17H16F3N7O2/c1-26-12(9-22-25-26)8-13(28)27-7-4-16(10-27,17(18,19)20)15-23-14(24-29-15)11-2-5-21-6-3-11/h2-3,5-6,9H,4,7-8,10H2,1H3. The van der Waals surface area contributed by atoms with Crippen LogP contribution in [-0.2, 0) is 23.7 Å². The Morgan fingerprint density at radius 1 is 1.31 bits per heavy atom. The van der Waals surface area contributed by atoms with Gasteiger partial charge in [-0.25, -0.2) is 0 Å². The number of carbonyl (C=O) groups is 1. The highest BCUT2D eigenvalue weighted by Gasteiger charge is 2.63. The molecule has 1 fully saturated rings. The van der Waals surface area contributed by atoms with Crippen LogP contribution in [0, 0.1) is 0 Å². The zero-order valence-electron chi connectivity index (χ0n) is 15.3. The molecule has 0 N–H and O–H groups in total. The molecule has 0 saturated carbocycles. The fourth-order valence-electron chi connectivity index (χ4n) is 3.32. The van der Waals surface area contributed by atoms with Crippen molar-refractivity contribution < 1.29 is 22.5 Å². The molecule has 4 heterocycles. The van der Waals surface area contributed by atoms with Gasteiger partial charge in [-0.15, -0.1) is 5.10 Å². The zero-order chi connectivity index (χ0) is 20.6. The Bertz CT molecular complexity index is 1020. The summed E-state index contributed by atoms with van der Waals surface area (Å²) in [4.78, 5) is 21.6. The molecule has 1 aliphatic heterocycles. The number of aryl methyl sites for hydroxylation is 1. The van der Waals surface area contributed by atoms with Crippen molar-refractivity contribution in [3.63, 3.8) is 0 Å². The molecule has 29 heavy (non-hydrogen) atoms. The van der Waals surface area contributed by atoms with Crippen molar-refractivity contribution in [1.82, 2.24) is 35.0 Å². The third-order valence-electron chi connectivity index (χ3n) is 5.08. The molecule has 1 unspecified atom stereocenters. The van der Waals surface area contributed by atoms with Gasteiger partial charge in [-0.05, 0) is 18.6 Å². The van der Waals surface area contributed by atoms with Crippen LogP contribution in [0.3, 0.4) is 0 Å². The fraction of sp³-hybridized carbons (Fsp3) is 0.412. The fourth-order valence-corrected chi connectivity index (χ4v) is 3.32. The molecule has 3 aromatic rings. The summed E-state index contributed by atoms with van der Waals surface area (Å²) in [5.74, 6) is -0.957. The van der Waals surface area contributed by atoms with Crippen LogP contribution >= 0.6 is 0 Å². The first-order valence-corrected chi connectivity index (χ1v) is 8.73. The highest BCUT2D eigenvalue weighted by atomic mass is 19.4. The van der Waals surface area contributed by atoms with Crippen LogP contribution in [0.25, 0.3) is 11.4 Å². The van der Waals surface area contributed by atoms with Crippen molar-refractivity contribution in [2.24, 2.45) is 7.05 Å². The first-order valence-electron chi connectivity index (χ1n) is 8.73. The number of carbonyl (C=O) groups excluding carboxylic acids is 1. The Morgan fingerprint density at radius 2 is 2.07 bits per heavy atom. The van der Waals surface area contributed by atoms with E-state index in [1.807, 2.05) is 0 Å². The lowest BCUT2D eigenvalue weighted by Crippen LogP contribution is -2.46. The van der Waals surface area contributed by atoms with E-state index in [-0.39, 0.29) is 25.2 Å². The Hall–Kier alpha value is -3.31. The molecular weight excluding hydrogens is 391 g/mol. The second kappa shape index (κ2) is 6.94. The molecule has 1 atom stereocenters. The van der Waals surface area contributed by atoms with Gasteiger partial charge < -0.3 is 9.42 Å². The van der Waals surface area contributed by atoms with Gasteiger partial charge in [-0.2, -0.15) is 18.2 Å². The van der Waals surface area contributed by atoms with Crippen molar-refractivity contribution in [2.45, 2.75) is 24.4 Å². The van der Waals surface area contributed by atoms with Crippen LogP contribution in [-0.4, -0.2) is 60.2 Å². The predicted octanol–water partition coefficient (Wildman–Crippen LogP) is 1.54. The van der Waals surface area contributed by atoms with Crippen molar-refractivity contribution in [3.8, 4) is 11.4 Å². The molecule has 0 aromatic carbocycles. The number of pyridine rings is 1. The topological polar surface area (TPSA) is 103 Å². The number of rotatable bonds is 4. The van der Waals surface area contributed by atoms with E-state index in [0.29, 0.717) is 11.3 Å². The average Bonchev–Trinajstić information content (AvgIpc) is 3.42. The summed E-state index contributed by atoms with van der Waals surface area (Å²) >= 11 is 0. The summed E-state index contributed by atoms with van der Waals surface area (Å²) in [5, 5.41) is 11.1. The minimum Gasteiger partial charge on any atom is -0.341 e. The number of hydrogen-bond donors (Lipinski definition) is 0. The molecule has 1 saturated heterocycles. The molecule has 1 aliphatic rings. The number of halogens is 3. The Labute approximate surface area is 162 Å². The summed E-state index contributed by atoms with van der Waals surface area (Å²) in [6.07, 6.45) is -0.752. The van der Waals surface area contributed by atoms with Gasteiger partial charge in [0.2, 0.25) is 17.6 Å². The second-order valence-corrected chi connectivity index (χ2v) is 6.83. The van der Waals surface area contributed by atoms with Crippen molar-refractivity contribution in [2.75, 3.05) is 13.1 Å². The lowest BCUT2D eigenvalue weighted by Gasteiger charge is -2.27. The van der Waals surface area contributed by atoms with E-state index in [1.165, 1.54) is 23.3 Å². The van der Waals surface area contributed by atoms with Gasteiger partial charge in [0.05, 0.1) is 18.3 Å². The number of nitrogens with zero attached hydrogens (tertiary/aromatic N) is 7. The maximum atomic E-state index is 14.1. The smallest absolute Gasteiger partial charge is 0.341 e. The molecule has 4 rings (SSSR count). The van der Waals surface area contributed by atoms with Crippen LogP contribution in [0.4, 0.5) is 13.2 Å². The van der Waals surface area contributed by atoms with Crippen molar-refractivity contribution >= 4 is 5.91 Å². The number of hydrogen-bond acceptors (Lipinski definition) is 7. The van der Waals surface area contributed by atoms with Crippen LogP contribution in [0.5, 0.6) is 0 Å². The van der Waals surface area contributed by atoms with Gasteiger partial charge in [0.15, 0.2) is 5.41 Å². The lowest BCUT2D eigenvalue weighted by molar-refractivity contribution is -0.193. The first-order chi connectivity index (χ1) is 13.8. The minimum atomic E-state index is -4.67. The van der Waals surface area contributed by atoms with Gasteiger partial charge >= 0.3 is 6.18 Å². The normalized spacial score (nSPS) is 19.7. The van der Waals surface area contributed by atoms with Crippen molar-refractivity contribution in [1.29, 1.82) is 0 Å². The van der Waals surface area contributed by atoms with E-state index in [9.17, 15) is 18.0 Å². The largest absolute Gasteiger partial charge is 0.405 e. The summed E-state index contributed by atoms with van der Waals surface area (Å²) in [6, 6.07) is 3.14. The summed E-state index contributed by atoms with van der Waals surface area (Å²) < 4.78 is 48.7. The monoisotopic (exact) mass is 407 g/mol. The maximum Gasteiger partial charge on any atom is 0.405 e. The van der Waals surface area contributed by atoms with Crippen LogP contribution < -0.4 is 0 Å². The number of amides is 1. The minimum absolute atomic E-state index is 0.0387. The van der Waals surface area contributed by atoms with E-state index >= 15 is 0 Å². The summed E-state index contributed by atoms with van der Waals surface area (Å²) in [5.41, 5.74) is -1.41. The maximum absolute atomic E-state index is 14.1. The third kappa shape index (κ3) is 3.34. The summed E-state index contributed by atoms with van der Waals surface area (Å²) in [7, 11) is 1.61. The predicted molar refractivity (Wildman–Crippen MR) is 91.2 cm³/mol. The number of alkyl halides is 3. The SMILES string of the molecule is Cn1nncc1CC(=O)N1CCC(c2nc(-c3ccncc3)no2)(C(F)(F)F)C1. The van der Waals surface area contributed by atoms with E-state index in [2.05, 4.69) is 25.4 Å². The van der Waals surface area contributed by atoms with Gasteiger partial charge in [0.1, 0.15) is 0 Å². The van der Waals surface area contributed by atoms with E-state index < -0.39 is 29.9 Å². The van der Waals surface area contributed by atoms with Gasteiger partial charge in [0, 0.05) is 38.1 Å².